The molecule has 2 N–H and O–H groups in total. The number of benzene rings is 4. The van der Waals surface area contributed by atoms with E-state index in [4.69, 9.17) is 14.2 Å². The first kappa shape index (κ1) is 29.5. The molecule has 4 aromatic rings. The molecule has 0 aromatic heterocycles. The van der Waals surface area contributed by atoms with Gasteiger partial charge in [-0.3, -0.25) is 4.79 Å². The van der Waals surface area contributed by atoms with Crippen LogP contribution in [0.5, 0.6) is 17.2 Å². The monoisotopic (exact) mass is 601 g/mol. The van der Waals surface area contributed by atoms with E-state index in [0.29, 0.717) is 35.1 Å². The standard InChI is InChI=1S/C32H31N3O7S/c1-22-8-6-7-11-30(22)43(38,39)34-32(37)33-27(31(36)35(2)25-14-17-28-29(19-25)42-21-41-28)18-23-12-15-26(16-13-23)40-20-24-9-4-3-5-10-24/h3-17,19,27H,18,20-21H2,1-2H3,(H2,33,34,37). The number of carbonyl (C=O) groups is 2. The van der Waals surface area contributed by atoms with Crippen molar-refractivity contribution < 1.29 is 32.2 Å². The molecule has 0 bridgehead atoms. The first-order chi connectivity index (χ1) is 20.7. The maximum absolute atomic E-state index is 13.7. The Balaban J connectivity index is 1.33. The smallest absolute Gasteiger partial charge is 0.329 e. The molecule has 0 aliphatic carbocycles. The molecule has 1 aliphatic heterocycles. The number of nitrogens with zero attached hydrogens (tertiary/aromatic N) is 1. The molecule has 0 radical (unpaired) electrons. The first-order valence-corrected chi connectivity index (χ1v) is 15.0. The summed E-state index contributed by atoms with van der Waals surface area (Å²) >= 11 is 0. The van der Waals surface area contributed by atoms with Crippen LogP contribution in [0, 0.1) is 6.92 Å². The molecule has 1 atom stereocenters. The van der Waals surface area contributed by atoms with Crippen molar-refractivity contribution in [2.24, 2.45) is 0 Å². The first-order valence-electron chi connectivity index (χ1n) is 13.5. The summed E-state index contributed by atoms with van der Waals surface area (Å²) in [6.07, 6.45) is 0.0878. The summed E-state index contributed by atoms with van der Waals surface area (Å²) in [5, 5.41) is 2.57. The fourth-order valence-corrected chi connectivity index (χ4v) is 5.74. The Hall–Kier alpha value is -5.03. The minimum Gasteiger partial charge on any atom is -0.489 e. The number of amides is 3. The van der Waals surface area contributed by atoms with Crippen LogP contribution in [0.25, 0.3) is 0 Å². The minimum absolute atomic E-state index is 0.0309. The van der Waals surface area contributed by atoms with E-state index >= 15 is 0 Å². The molecule has 3 amide bonds. The minimum atomic E-state index is -4.18. The van der Waals surface area contributed by atoms with Crippen molar-refractivity contribution in [2.75, 3.05) is 18.7 Å². The van der Waals surface area contributed by atoms with Gasteiger partial charge in [-0.05, 0) is 53.9 Å². The molecule has 5 rings (SSSR count). The number of ether oxygens (including phenoxy) is 3. The third-order valence-electron chi connectivity index (χ3n) is 6.90. The van der Waals surface area contributed by atoms with Crippen LogP contribution in [-0.2, 0) is 27.8 Å². The molecule has 1 aliphatic rings. The van der Waals surface area contributed by atoms with Gasteiger partial charge < -0.3 is 24.4 Å². The van der Waals surface area contributed by atoms with Crippen molar-refractivity contribution in [3.8, 4) is 17.2 Å². The van der Waals surface area contributed by atoms with Crippen molar-refractivity contribution in [1.82, 2.24) is 10.0 Å². The van der Waals surface area contributed by atoms with Crippen molar-refractivity contribution in [2.45, 2.75) is 30.9 Å². The molecule has 0 fully saturated rings. The highest BCUT2D eigenvalue weighted by Gasteiger charge is 2.28. The Morgan fingerprint density at radius 3 is 2.33 bits per heavy atom. The summed E-state index contributed by atoms with van der Waals surface area (Å²) < 4.78 is 44.6. The number of fused-ring (bicyclic) bond motifs is 1. The Bertz CT molecular complexity index is 1710. The summed E-state index contributed by atoms with van der Waals surface area (Å²) in [7, 11) is -2.62. The van der Waals surface area contributed by atoms with Crippen molar-refractivity contribution in [1.29, 1.82) is 0 Å². The molecule has 0 saturated heterocycles. The third kappa shape index (κ3) is 7.25. The van der Waals surface area contributed by atoms with Gasteiger partial charge in [0.15, 0.2) is 11.5 Å². The van der Waals surface area contributed by atoms with Crippen LogP contribution in [0.1, 0.15) is 16.7 Å². The van der Waals surface area contributed by atoms with Crippen molar-refractivity contribution in [3.63, 3.8) is 0 Å². The Labute approximate surface area is 250 Å². The number of rotatable bonds is 10. The zero-order chi connectivity index (χ0) is 30.4. The van der Waals surface area contributed by atoms with E-state index in [1.807, 2.05) is 35.1 Å². The quantitative estimate of drug-likeness (QED) is 0.273. The number of hydrogen-bond donors (Lipinski definition) is 2. The lowest BCUT2D eigenvalue weighted by molar-refractivity contribution is -0.120. The maximum atomic E-state index is 13.7. The van der Waals surface area contributed by atoms with Crippen LogP contribution in [0.2, 0.25) is 0 Å². The predicted molar refractivity (Wildman–Crippen MR) is 161 cm³/mol. The summed E-state index contributed by atoms with van der Waals surface area (Å²) in [4.78, 5) is 28.1. The van der Waals surface area contributed by atoms with Crippen LogP contribution in [-0.4, -0.2) is 40.2 Å². The van der Waals surface area contributed by atoms with Crippen molar-refractivity contribution >= 4 is 27.6 Å². The van der Waals surface area contributed by atoms with Crippen LogP contribution in [0.15, 0.2) is 102 Å². The van der Waals surface area contributed by atoms with Gasteiger partial charge in [-0.15, -0.1) is 0 Å². The fraction of sp³-hybridized carbons (Fsp3) is 0.188. The van der Waals surface area contributed by atoms with E-state index < -0.39 is 28.0 Å². The second-order valence-corrected chi connectivity index (χ2v) is 11.6. The van der Waals surface area contributed by atoms with Gasteiger partial charge in [0, 0.05) is 25.2 Å². The summed E-state index contributed by atoms with van der Waals surface area (Å²) in [6, 6.07) is 26.1. The number of nitrogens with one attached hydrogen (secondary N) is 2. The van der Waals surface area contributed by atoms with Gasteiger partial charge in [0.05, 0.1) is 4.90 Å². The lowest BCUT2D eigenvalue weighted by Gasteiger charge is -2.25. The largest absolute Gasteiger partial charge is 0.489 e. The highest BCUT2D eigenvalue weighted by atomic mass is 32.2. The number of carbonyl (C=O) groups excluding carboxylic acids is 2. The van der Waals surface area contributed by atoms with Gasteiger partial charge in [-0.25, -0.2) is 17.9 Å². The SMILES string of the molecule is Cc1ccccc1S(=O)(=O)NC(=O)NC(Cc1ccc(OCc2ccccc2)cc1)C(=O)N(C)c1ccc2c(c1)OCO2. The number of anilines is 1. The molecule has 10 nitrogen and oxygen atoms in total. The molecule has 11 heteroatoms. The Kier molecular flexibility index (Phi) is 8.82. The molecule has 1 unspecified atom stereocenters. The lowest BCUT2D eigenvalue weighted by atomic mass is 10.0. The average molecular weight is 602 g/mol. The van der Waals surface area contributed by atoms with Crippen molar-refractivity contribution in [3.05, 3.63) is 114 Å². The van der Waals surface area contributed by atoms with Gasteiger partial charge in [-0.2, -0.15) is 0 Å². The highest BCUT2D eigenvalue weighted by molar-refractivity contribution is 7.90. The lowest BCUT2D eigenvalue weighted by Crippen LogP contribution is -2.52. The number of likely N-dealkylation sites (N-methyl/N-ethyl adjacent to an activating group) is 1. The number of sulfonamides is 1. The zero-order valence-electron chi connectivity index (χ0n) is 23.6. The van der Waals surface area contributed by atoms with Gasteiger partial charge in [0.25, 0.3) is 10.0 Å². The molecular formula is C32H31N3O7S. The topological polar surface area (TPSA) is 123 Å². The van der Waals surface area contributed by atoms with E-state index in [9.17, 15) is 18.0 Å². The third-order valence-corrected chi connectivity index (χ3v) is 8.39. The van der Waals surface area contributed by atoms with Crippen LogP contribution in [0.4, 0.5) is 10.5 Å². The fourth-order valence-electron chi connectivity index (χ4n) is 4.58. The zero-order valence-corrected chi connectivity index (χ0v) is 24.5. The van der Waals surface area contributed by atoms with Crippen LogP contribution in [0.3, 0.4) is 0 Å². The summed E-state index contributed by atoms with van der Waals surface area (Å²) in [5.41, 5.74) is 2.75. The maximum Gasteiger partial charge on any atom is 0.329 e. The molecule has 1 heterocycles. The molecule has 0 saturated carbocycles. The molecule has 0 spiro atoms. The summed E-state index contributed by atoms with van der Waals surface area (Å²) in [6.45, 7) is 2.12. The summed E-state index contributed by atoms with van der Waals surface area (Å²) in [5.74, 6) is 1.24. The van der Waals surface area contributed by atoms with Gasteiger partial charge in [0.1, 0.15) is 18.4 Å². The number of hydrogen-bond acceptors (Lipinski definition) is 7. The second-order valence-electron chi connectivity index (χ2n) is 9.95. The Morgan fingerprint density at radius 2 is 1.58 bits per heavy atom. The van der Waals surface area contributed by atoms with E-state index in [0.717, 1.165) is 11.1 Å². The van der Waals surface area contributed by atoms with E-state index in [-0.39, 0.29) is 18.1 Å². The normalized spacial score (nSPS) is 12.7. The highest BCUT2D eigenvalue weighted by Crippen LogP contribution is 2.35. The molecule has 43 heavy (non-hydrogen) atoms. The van der Waals surface area contributed by atoms with Crippen LogP contribution < -0.4 is 29.1 Å². The van der Waals surface area contributed by atoms with Gasteiger partial charge in [-0.1, -0.05) is 60.7 Å². The van der Waals surface area contributed by atoms with E-state index in [2.05, 4.69) is 5.32 Å². The predicted octanol–water partition coefficient (Wildman–Crippen LogP) is 4.56. The van der Waals surface area contributed by atoms with Gasteiger partial charge >= 0.3 is 6.03 Å². The Morgan fingerprint density at radius 1 is 0.884 bits per heavy atom. The van der Waals surface area contributed by atoms with Crippen LogP contribution >= 0.6 is 0 Å². The van der Waals surface area contributed by atoms with Gasteiger partial charge in [0.2, 0.25) is 12.7 Å². The average Bonchev–Trinajstić information content (AvgIpc) is 3.48. The van der Waals surface area contributed by atoms with E-state index in [1.54, 1.807) is 74.6 Å². The molecule has 4 aromatic carbocycles. The molecular weight excluding hydrogens is 570 g/mol. The number of urea groups is 1. The molecule has 222 valence electrons. The number of aryl methyl sites for hydroxylation is 1. The van der Waals surface area contributed by atoms with E-state index in [1.165, 1.54) is 11.0 Å². The second kappa shape index (κ2) is 12.9.